The van der Waals surface area contributed by atoms with Gasteiger partial charge in [-0.1, -0.05) is 11.6 Å². The largest absolute Gasteiger partial charge is 0.361 e. The third-order valence-corrected chi connectivity index (χ3v) is 4.30. The molecule has 2 aromatic rings. The Hall–Kier alpha value is -1.40. The van der Waals surface area contributed by atoms with Gasteiger partial charge in [-0.05, 0) is 27.7 Å². The van der Waals surface area contributed by atoms with Crippen LogP contribution in [0.25, 0.3) is 0 Å². The summed E-state index contributed by atoms with van der Waals surface area (Å²) in [6.07, 6.45) is 1.60. The zero-order valence-corrected chi connectivity index (χ0v) is 13.6. The Morgan fingerprint density at radius 2 is 2.10 bits per heavy atom. The summed E-state index contributed by atoms with van der Waals surface area (Å²) < 4.78 is 0. The van der Waals surface area contributed by atoms with Gasteiger partial charge in [0, 0.05) is 11.4 Å². The van der Waals surface area contributed by atoms with Gasteiger partial charge in [-0.2, -0.15) is 4.98 Å². The summed E-state index contributed by atoms with van der Waals surface area (Å²) in [6.45, 7) is 8.86. The lowest BCUT2D eigenvalue weighted by molar-refractivity contribution is 0.877. The van der Waals surface area contributed by atoms with E-state index in [1.165, 1.54) is 4.88 Å². The van der Waals surface area contributed by atoms with Gasteiger partial charge in [0.15, 0.2) is 5.82 Å². The van der Waals surface area contributed by atoms with E-state index in [2.05, 4.69) is 32.5 Å². The molecule has 0 spiro atoms. The highest BCUT2D eigenvalue weighted by Gasteiger charge is 2.15. The van der Waals surface area contributed by atoms with Gasteiger partial charge in [-0.15, -0.1) is 11.3 Å². The molecule has 0 amide bonds. The molecule has 2 aromatic heterocycles. The van der Waals surface area contributed by atoms with Crippen molar-refractivity contribution in [1.82, 2.24) is 15.0 Å². The van der Waals surface area contributed by atoms with Crippen LogP contribution in [0.1, 0.15) is 35.5 Å². The second kappa shape index (κ2) is 6.37. The number of nitrogens with one attached hydrogen (secondary N) is 2. The van der Waals surface area contributed by atoms with E-state index in [4.69, 9.17) is 11.6 Å². The molecule has 0 saturated carbocycles. The van der Waals surface area contributed by atoms with Crippen molar-refractivity contribution in [1.29, 1.82) is 0 Å². The topological polar surface area (TPSA) is 62.7 Å². The Kier molecular flexibility index (Phi) is 4.77. The first-order valence-electron chi connectivity index (χ1n) is 6.48. The summed E-state index contributed by atoms with van der Waals surface area (Å²) in [5.74, 6) is 1.21. The van der Waals surface area contributed by atoms with Gasteiger partial charge in [-0.25, -0.2) is 9.97 Å². The van der Waals surface area contributed by atoms with Gasteiger partial charge >= 0.3 is 0 Å². The molecular weight excluding hydrogens is 294 g/mol. The highest BCUT2D eigenvalue weighted by atomic mass is 35.5. The molecule has 2 N–H and O–H groups in total. The molecule has 0 aromatic carbocycles. The third-order valence-electron chi connectivity index (χ3n) is 2.76. The Morgan fingerprint density at radius 3 is 2.70 bits per heavy atom. The molecule has 108 valence electrons. The fourth-order valence-electron chi connectivity index (χ4n) is 1.93. The zero-order valence-electron chi connectivity index (χ0n) is 12.0. The quantitative estimate of drug-likeness (QED) is 0.879. The van der Waals surface area contributed by atoms with E-state index >= 15 is 0 Å². The molecule has 5 nitrogen and oxygen atoms in total. The fraction of sp³-hybridized carbons (Fsp3) is 0.462. The number of halogens is 1. The summed E-state index contributed by atoms with van der Waals surface area (Å²) >= 11 is 7.83. The SMILES string of the molecule is CCNc1ncc(Cl)c(NC(C)c2sc(C)nc2C)n1. The Labute approximate surface area is 127 Å². The molecule has 0 fully saturated rings. The summed E-state index contributed by atoms with van der Waals surface area (Å²) in [7, 11) is 0. The van der Waals surface area contributed by atoms with E-state index in [1.807, 2.05) is 20.8 Å². The van der Waals surface area contributed by atoms with E-state index in [0.717, 1.165) is 17.2 Å². The maximum Gasteiger partial charge on any atom is 0.224 e. The minimum atomic E-state index is 0.100. The van der Waals surface area contributed by atoms with Crippen LogP contribution < -0.4 is 10.6 Å². The van der Waals surface area contributed by atoms with Gasteiger partial charge < -0.3 is 10.6 Å². The molecular formula is C13H18ClN5S. The van der Waals surface area contributed by atoms with E-state index in [-0.39, 0.29) is 6.04 Å². The average molecular weight is 312 g/mol. The van der Waals surface area contributed by atoms with Crippen molar-refractivity contribution >= 4 is 34.7 Å². The number of nitrogens with zero attached hydrogens (tertiary/aromatic N) is 3. The van der Waals surface area contributed by atoms with Crippen molar-refractivity contribution < 1.29 is 0 Å². The van der Waals surface area contributed by atoms with Crippen LogP contribution in [-0.4, -0.2) is 21.5 Å². The minimum Gasteiger partial charge on any atom is -0.361 e. The molecule has 7 heteroatoms. The number of thiazole rings is 1. The molecule has 1 unspecified atom stereocenters. The molecule has 0 saturated heterocycles. The molecule has 2 rings (SSSR count). The number of anilines is 2. The number of aromatic nitrogens is 3. The highest BCUT2D eigenvalue weighted by molar-refractivity contribution is 7.11. The monoisotopic (exact) mass is 311 g/mol. The maximum absolute atomic E-state index is 6.15. The fourth-order valence-corrected chi connectivity index (χ4v) is 3.01. The van der Waals surface area contributed by atoms with Crippen molar-refractivity contribution in [3.63, 3.8) is 0 Å². The standard InChI is InChI=1S/C13H18ClN5S/c1-5-15-13-16-6-10(14)12(19-13)18-8(3)11-7(2)17-9(4)20-11/h6,8H,5H2,1-4H3,(H2,15,16,18,19). The first-order chi connectivity index (χ1) is 9.51. The molecule has 0 bridgehead atoms. The normalized spacial score (nSPS) is 12.2. The average Bonchev–Trinajstić information content (AvgIpc) is 2.73. The van der Waals surface area contributed by atoms with E-state index in [9.17, 15) is 0 Å². The summed E-state index contributed by atoms with van der Waals surface area (Å²) in [6, 6.07) is 0.100. The molecule has 0 aliphatic carbocycles. The third kappa shape index (κ3) is 3.37. The van der Waals surface area contributed by atoms with Gasteiger partial charge in [0.25, 0.3) is 0 Å². The van der Waals surface area contributed by atoms with E-state index in [1.54, 1.807) is 17.5 Å². The number of rotatable bonds is 5. The highest BCUT2D eigenvalue weighted by Crippen LogP contribution is 2.29. The van der Waals surface area contributed by atoms with Crippen LogP contribution in [0.5, 0.6) is 0 Å². The van der Waals surface area contributed by atoms with E-state index in [0.29, 0.717) is 16.8 Å². The van der Waals surface area contributed by atoms with Crippen LogP contribution in [-0.2, 0) is 0 Å². The number of hydrogen-bond acceptors (Lipinski definition) is 6. The predicted octanol–water partition coefficient (Wildman–Crippen LogP) is 3.81. The van der Waals surface area contributed by atoms with Crippen LogP contribution in [0.15, 0.2) is 6.20 Å². The molecule has 1 atom stereocenters. The summed E-state index contributed by atoms with van der Waals surface area (Å²) in [5.41, 5.74) is 1.05. The molecule has 20 heavy (non-hydrogen) atoms. The second-order valence-corrected chi connectivity index (χ2v) is 6.11. The van der Waals surface area contributed by atoms with E-state index < -0.39 is 0 Å². The van der Waals surface area contributed by atoms with Gasteiger partial charge in [0.05, 0.1) is 22.9 Å². The van der Waals surface area contributed by atoms with Crippen molar-refractivity contribution in [2.75, 3.05) is 17.2 Å². The zero-order chi connectivity index (χ0) is 14.7. The Balaban J connectivity index is 2.20. The van der Waals surface area contributed by atoms with Gasteiger partial charge in [0.1, 0.15) is 5.02 Å². The van der Waals surface area contributed by atoms with Crippen LogP contribution >= 0.6 is 22.9 Å². The number of hydrogen-bond donors (Lipinski definition) is 2. The van der Waals surface area contributed by atoms with Crippen molar-refractivity contribution in [3.8, 4) is 0 Å². The van der Waals surface area contributed by atoms with Crippen molar-refractivity contribution in [2.24, 2.45) is 0 Å². The van der Waals surface area contributed by atoms with Crippen molar-refractivity contribution in [3.05, 3.63) is 26.8 Å². The second-order valence-electron chi connectivity index (χ2n) is 4.47. The predicted molar refractivity (Wildman–Crippen MR) is 84.8 cm³/mol. The number of aryl methyl sites for hydroxylation is 2. The molecule has 0 aliphatic rings. The maximum atomic E-state index is 6.15. The van der Waals surface area contributed by atoms with Crippen LogP contribution in [0, 0.1) is 13.8 Å². The lowest BCUT2D eigenvalue weighted by Crippen LogP contribution is -2.10. The lowest BCUT2D eigenvalue weighted by atomic mass is 10.2. The van der Waals surface area contributed by atoms with Gasteiger partial charge in [-0.3, -0.25) is 0 Å². The minimum absolute atomic E-state index is 0.100. The van der Waals surface area contributed by atoms with Crippen LogP contribution in [0.2, 0.25) is 5.02 Å². The Bertz CT molecular complexity index is 598. The Morgan fingerprint density at radius 1 is 1.35 bits per heavy atom. The summed E-state index contributed by atoms with van der Waals surface area (Å²) in [5, 5.41) is 7.97. The van der Waals surface area contributed by atoms with Gasteiger partial charge in [0.2, 0.25) is 5.95 Å². The smallest absolute Gasteiger partial charge is 0.224 e. The van der Waals surface area contributed by atoms with Crippen LogP contribution in [0.3, 0.4) is 0 Å². The molecule has 2 heterocycles. The summed E-state index contributed by atoms with van der Waals surface area (Å²) in [4.78, 5) is 14.1. The first-order valence-corrected chi connectivity index (χ1v) is 7.67. The lowest BCUT2D eigenvalue weighted by Gasteiger charge is -2.15. The molecule has 0 aliphatic heterocycles. The molecule has 0 radical (unpaired) electrons. The first kappa shape index (κ1) is 15.0. The van der Waals surface area contributed by atoms with Crippen molar-refractivity contribution in [2.45, 2.75) is 33.7 Å². The van der Waals surface area contributed by atoms with Crippen LogP contribution in [0.4, 0.5) is 11.8 Å².